The molecule has 2 aliphatic carbocycles. The SMILES string of the molecule is C[C@H](CC1NNCN1C)C1CCCC(N2CC3C(CC([C@@H](C)N4CC[C@H](F)C4)CC3C(F)(F)F)C2=O)C1. The minimum absolute atomic E-state index is 0.0438. The van der Waals surface area contributed by atoms with Gasteiger partial charge in [0, 0.05) is 37.6 Å². The Balaban J connectivity index is 1.27. The second kappa shape index (κ2) is 10.9. The molecule has 10 heteroatoms. The molecule has 5 rings (SSSR count). The number of likely N-dealkylation sites (tertiary alicyclic amines) is 2. The van der Waals surface area contributed by atoms with E-state index in [0.29, 0.717) is 37.8 Å². The first-order valence-electron chi connectivity index (χ1n) is 14.5. The molecule has 0 aromatic carbocycles. The number of amides is 1. The molecule has 0 bridgehead atoms. The zero-order valence-corrected chi connectivity index (χ0v) is 22.5. The summed E-state index contributed by atoms with van der Waals surface area (Å²) in [6.45, 7) is 6.15. The van der Waals surface area contributed by atoms with Gasteiger partial charge in [0.15, 0.2) is 0 Å². The van der Waals surface area contributed by atoms with Crippen LogP contribution >= 0.6 is 0 Å². The Kier molecular flexibility index (Phi) is 8.12. The van der Waals surface area contributed by atoms with E-state index in [1.54, 1.807) is 0 Å². The molecule has 7 unspecified atom stereocenters. The number of nitrogens with one attached hydrogen (secondary N) is 2. The molecule has 3 aliphatic heterocycles. The lowest BCUT2D eigenvalue weighted by molar-refractivity contribution is -0.205. The Labute approximate surface area is 218 Å². The number of hydrogen-bond acceptors (Lipinski definition) is 5. The molecule has 37 heavy (non-hydrogen) atoms. The Morgan fingerprint density at radius 2 is 1.84 bits per heavy atom. The van der Waals surface area contributed by atoms with Gasteiger partial charge in [0.1, 0.15) is 6.17 Å². The number of hydrazine groups is 1. The van der Waals surface area contributed by atoms with Crippen LogP contribution in [-0.4, -0.2) is 84.6 Å². The zero-order chi connectivity index (χ0) is 26.5. The summed E-state index contributed by atoms with van der Waals surface area (Å²) in [5.41, 5.74) is 6.49. The molecule has 0 radical (unpaired) electrons. The molecule has 0 aromatic rings. The van der Waals surface area contributed by atoms with E-state index < -0.39 is 30.1 Å². The molecule has 3 heterocycles. The van der Waals surface area contributed by atoms with Gasteiger partial charge in [-0.25, -0.2) is 15.2 Å². The molecule has 0 aromatic heterocycles. The molecule has 2 N–H and O–H groups in total. The molecule has 1 amide bonds. The average molecular weight is 532 g/mol. The number of nitrogens with zero attached hydrogens (tertiary/aromatic N) is 3. The summed E-state index contributed by atoms with van der Waals surface area (Å²) in [5, 5.41) is 0. The van der Waals surface area contributed by atoms with E-state index in [2.05, 4.69) is 29.7 Å². The van der Waals surface area contributed by atoms with Gasteiger partial charge in [-0.1, -0.05) is 19.8 Å². The van der Waals surface area contributed by atoms with Crippen LogP contribution in [0.2, 0.25) is 0 Å². The van der Waals surface area contributed by atoms with Crippen LogP contribution in [0.1, 0.15) is 65.2 Å². The van der Waals surface area contributed by atoms with Gasteiger partial charge in [-0.05, 0) is 76.2 Å². The lowest BCUT2D eigenvalue weighted by Crippen LogP contribution is -2.47. The van der Waals surface area contributed by atoms with Crippen LogP contribution in [0.3, 0.4) is 0 Å². The molecule has 10 atom stereocenters. The Hall–Kier alpha value is -0.970. The number of carbonyl (C=O) groups is 1. The predicted molar refractivity (Wildman–Crippen MR) is 134 cm³/mol. The largest absolute Gasteiger partial charge is 0.392 e. The number of hydrogen-bond donors (Lipinski definition) is 2. The van der Waals surface area contributed by atoms with E-state index in [-0.39, 0.29) is 43.0 Å². The summed E-state index contributed by atoms with van der Waals surface area (Å²) in [6, 6.07) is -0.0903. The minimum atomic E-state index is -4.32. The third-order valence-corrected chi connectivity index (χ3v) is 10.7. The van der Waals surface area contributed by atoms with Gasteiger partial charge < -0.3 is 4.90 Å². The second-order valence-electron chi connectivity index (χ2n) is 12.8. The summed E-state index contributed by atoms with van der Waals surface area (Å²) < 4.78 is 56.8. The van der Waals surface area contributed by atoms with Gasteiger partial charge in [0.25, 0.3) is 0 Å². The quantitative estimate of drug-likeness (QED) is 0.508. The van der Waals surface area contributed by atoms with Gasteiger partial charge in [-0.15, -0.1) is 0 Å². The van der Waals surface area contributed by atoms with Gasteiger partial charge >= 0.3 is 6.18 Å². The molecule has 5 aliphatic rings. The van der Waals surface area contributed by atoms with Gasteiger partial charge in [0.05, 0.1) is 18.8 Å². The fourth-order valence-corrected chi connectivity index (χ4v) is 8.25. The van der Waals surface area contributed by atoms with Crippen molar-refractivity contribution in [3.05, 3.63) is 0 Å². The molecule has 5 fully saturated rings. The van der Waals surface area contributed by atoms with Crippen LogP contribution in [0, 0.1) is 35.5 Å². The minimum Gasteiger partial charge on any atom is -0.339 e. The van der Waals surface area contributed by atoms with Crippen molar-refractivity contribution in [3.63, 3.8) is 0 Å². The molecule has 3 saturated heterocycles. The number of alkyl halides is 4. The number of carbonyl (C=O) groups excluding carboxylic acids is 1. The Morgan fingerprint density at radius 3 is 2.49 bits per heavy atom. The standard InChI is InChI=1S/C27H45F4N5O/c1-16(9-25-33-32-15-34(25)3)18-5-4-6-21(10-18)36-14-23-22(26(36)37)11-19(12-24(23)27(29,30)31)17(2)35-8-7-20(28)13-35/h16-25,32-33H,4-15H2,1-3H3/t16-,17-,18?,19?,20+,21?,22?,23?,24?,25?/m1/s1. The Morgan fingerprint density at radius 1 is 1.05 bits per heavy atom. The Bertz CT molecular complexity index is 814. The molecule has 2 saturated carbocycles. The lowest BCUT2D eigenvalue weighted by Gasteiger charge is -2.42. The summed E-state index contributed by atoms with van der Waals surface area (Å²) in [7, 11) is 2.09. The average Bonchev–Trinajstić information content (AvgIpc) is 3.56. The molecular weight excluding hydrogens is 486 g/mol. The smallest absolute Gasteiger partial charge is 0.339 e. The maximum absolute atomic E-state index is 14.3. The van der Waals surface area contributed by atoms with Crippen LogP contribution in [-0.2, 0) is 4.79 Å². The van der Waals surface area contributed by atoms with E-state index in [4.69, 9.17) is 0 Å². The summed E-state index contributed by atoms with van der Waals surface area (Å²) in [6.07, 6.45) is 0.988. The van der Waals surface area contributed by atoms with Crippen LogP contribution in [0.25, 0.3) is 0 Å². The van der Waals surface area contributed by atoms with Crippen LogP contribution < -0.4 is 10.9 Å². The highest BCUT2D eigenvalue weighted by Gasteiger charge is 2.58. The van der Waals surface area contributed by atoms with Crippen molar-refractivity contribution >= 4 is 5.91 Å². The van der Waals surface area contributed by atoms with Crippen molar-refractivity contribution in [2.75, 3.05) is 33.4 Å². The lowest BCUT2D eigenvalue weighted by atomic mass is 9.67. The molecule has 6 nitrogen and oxygen atoms in total. The number of rotatable bonds is 6. The highest BCUT2D eigenvalue weighted by atomic mass is 19.4. The van der Waals surface area contributed by atoms with Crippen LogP contribution in [0.5, 0.6) is 0 Å². The van der Waals surface area contributed by atoms with E-state index in [9.17, 15) is 22.4 Å². The summed E-state index contributed by atoms with van der Waals surface area (Å²) in [4.78, 5) is 19.8. The van der Waals surface area contributed by atoms with Crippen molar-refractivity contribution in [3.8, 4) is 0 Å². The maximum Gasteiger partial charge on any atom is 0.392 e. The van der Waals surface area contributed by atoms with E-state index in [1.165, 1.54) is 0 Å². The van der Waals surface area contributed by atoms with E-state index in [1.807, 2.05) is 16.7 Å². The second-order valence-corrected chi connectivity index (χ2v) is 12.8. The first-order chi connectivity index (χ1) is 17.5. The fourth-order valence-electron chi connectivity index (χ4n) is 8.25. The van der Waals surface area contributed by atoms with Gasteiger partial charge in [0.2, 0.25) is 5.91 Å². The normalized spacial score (nSPS) is 41.8. The molecule has 0 spiro atoms. The third kappa shape index (κ3) is 5.68. The first kappa shape index (κ1) is 27.6. The van der Waals surface area contributed by atoms with Crippen molar-refractivity contribution in [2.24, 2.45) is 35.5 Å². The van der Waals surface area contributed by atoms with Crippen molar-refractivity contribution < 1.29 is 22.4 Å². The summed E-state index contributed by atoms with van der Waals surface area (Å²) >= 11 is 0. The fraction of sp³-hybridized carbons (Fsp3) is 0.963. The first-order valence-corrected chi connectivity index (χ1v) is 14.5. The maximum atomic E-state index is 14.3. The summed E-state index contributed by atoms with van der Waals surface area (Å²) in [5.74, 6) is -2.01. The topological polar surface area (TPSA) is 50.9 Å². The molecular formula is C27H45F4N5O. The highest BCUT2D eigenvalue weighted by molar-refractivity contribution is 5.82. The van der Waals surface area contributed by atoms with Crippen molar-refractivity contribution in [1.82, 2.24) is 25.6 Å². The van der Waals surface area contributed by atoms with Gasteiger partial charge in [-0.3, -0.25) is 14.6 Å². The van der Waals surface area contributed by atoms with Crippen molar-refractivity contribution in [1.29, 1.82) is 0 Å². The molecule has 212 valence electrons. The number of halogens is 4. The monoisotopic (exact) mass is 531 g/mol. The van der Waals surface area contributed by atoms with E-state index in [0.717, 1.165) is 38.8 Å². The zero-order valence-electron chi connectivity index (χ0n) is 22.5. The highest BCUT2D eigenvalue weighted by Crippen LogP contribution is 2.52. The van der Waals surface area contributed by atoms with Crippen LogP contribution in [0.4, 0.5) is 17.6 Å². The number of fused-ring (bicyclic) bond motifs is 1. The van der Waals surface area contributed by atoms with E-state index >= 15 is 0 Å². The third-order valence-electron chi connectivity index (χ3n) is 10.7. The van der Waals surface area contributed by atoms with Crippen molar-refractivity contribution in [2.45, 2.75) is 95.8 Å². The van der Waals surface area contributed by atoms with Gasteiger partial charge in [-0.2, -0.15) is 13.2 Å². The van der Waals surface area contributed by atoms with Crippen LogP contribution in [0.15, 0.2) is 0 Å². The predicted octanol–water partition coefficient (Wildman–Crippen LogP) is 3.99.